The summed E-state index contributed by atoms with van der Waals surface area (Å²) < 4.78 is 0. The monoisotopic (exact) mass is 226 g/mol. The first-order valence-electron chi connectivity index (χ1n) is 6.22. The molecule has 1 rings (SSSR count). The number of aliphatic hydroxyl groups excluding tert-OH is 2. The number of hydrogen-bond acceptors (Lipinski definition) is 3. The molecule has 1 fully saturated rings. The molecule has 92 valence electrons. The minimum atomic E-state index is -0.549. The maximum absolute atomic E-state index is 11.4. The zero-order valence-electron chi connectivity index (χ0n) is 9.93. The predicted octanol–water partition coefficient (Wildman–Crippen LogP) is 1.82. The molecule has 0 bridgehead atoms. The largest absolute Gasteiger partial charge is 0.392 e. The highest BCUT2D eigenvalue weighted by Crippen LogP contribution is 2.23. The van der Waals surface area contributed by atoms with Crippen molar-refractivity contribution in [2.45, 2.75) is 57.7 Å². The van der Waals surface area contributed by atoms with Gasteiger partial charge in [0.1, 0.15) is 5.78 Å². The van der Waals surface area contributed by atoms with Gasteiger partial charge in [0.15, 0.2) is 0 Å². The lowest BCUT2D eigenvalue weighted by Crippen LogP contribution is -2.17. The van der Waals surface area contributed by atoms with Crippen LogP contribution in [0.2, 0.25) is 0 Å². The van der Waals surface area contributed by atoms with E-state index in [0.29, 0.717) is 12.8 Å². The second kappa shape index (κ2) is 6.81. The molecule has 0 saturated heterocycles. The molecule has 3 nitrogen and oxygen atoms in total. The van der Waals surface area contributed by atoms with Gasteiger partial charge in [-0.05, 0) is 12.8 Å². The van der Waals surface area contributed by atoms with Crippen LogP contribution in [0, 0.1) is 5.92 Å². The van der Waals surface area contributed by atoms with Crippen molar-refractivity contribution in [3.05, 3.63) is 12.2 Å². The number of aliphatic hydroxyl groups is 2. The van der Waals surface area contributed by atoms with Gasteiger partial charge in [-0.1, -0.05) is 38.3 Å². The highest BCUT2D eigenvalue weighted by Gasteiger charge is 2.30. The molecule has 0 aliphatic heterocycles. The van der Waals surface area contributed by atoms with E-state index >= 15 is 0 Å². The molecule has 1 aliphatic rings. The summed E-state index contributed by atoms with van der Waals surface area (Å²) in [6.07, 6.45) is 7.32. The summed E-state index contributed by atoms with van der Waals surface area (Å²) in [7, 11) is 0. The van der Waals surface area contributed by atoms with Gasteiger partial charge in [0, 0.05) is 6.42 Å². The second-order valence-corrected chi connectivity index (χ2v) is 4.55. The van der Waals surface area contributed by atoms with Crippen molar-refractivity contribution < 1.29 is 15.0 Å². The number of carbonyl (C=O) groups is 1. The van der Waals surface area contributed by atoms with Crippen molar-refractivity contribution in [2.75, 3.05) is 0 Å². The summed E-state index contributed by atoms with van der Waals surface area (Å²) in [6, 6.07) is 0. The fourth-order valence-corrected chi connectivity index (χ4v) is 2.03. The lowest BCUT2D eigenvalue weighted by molar-refractivity contribution is -0.120. The third kappa shape index (κ3) is 4.06. The zero-order valence-corrected chi connectivity index (χ0v) is 9.93. The smallest absolute Gasteiger partial charge is 0.142 e. The molecular formula is C13H22O3. The van der Waals surface area contributed by atoms with E-state index in [1.165, 1.54) is 0 Å². The van der Waals surface area contributed by atoms with Crippen molar-refractivity contribution in [1.82, 2.24) is 0 Å². The Kier molecular flexibility index (Phi) is 5.71. The Morgan fingerprint density at radius 3 is 2.81 bits per heavy atom. The van der Waals surface area contributed by atoms with Gasteiger partial charge in [0.2, 0.25) is 0 Å². The highest BCUT2D eigenvalue weighted by molar-refractivity contribution is 5.85. The minimum absolute atomic E-state index is 0.0875. The Morgan fingerprint density at radius 1 is 1.50 bits per heavy atom. The quantitative estimate of drug-likeness (QED) is 0.536. The first kappa shape index (κ1) is 13.4. The highest BCUT2D eigenvalue weighted by atomic mass is 16.3. The topological polar surface area (TPSA) is 57.5 Å². The number of rotatable bonds is 6. The molecular weight excluding hydrogens is 204 g/mol. The maximum Gasteiger partial charge on any atom is 0.142 e. The number of hydrogen-bond donors (Lipinski definition) is 2. The average molecular weight is 226 g/mol. The Balaban J connectivity index is 2.31. The van der Waals surface area contributed by atoms with Crippen molar-refractivity contribution in [2.24, 2.45) is 5.92 Å². The van der Waals surface area contributed by atoms with Crippen molar-refractivity contribution in [1.29, 1.82) is 0 Å². The fourth-order valence-electron chi connectivity index (χ4n) is 2.03. The number of ketones is 1. The van der Waals surface area contributed by atoms with E-state index in [9.17, 15) is 15.0 Å². The summed E-state index contributed by atoms with van der Waals surface area (Å²) in [5.74, 6) is -0.301. The summed E-state index contributed by atoms with van der Waals surface area (Å²) in [5, 5.41) is 19.2. The van der Waals surface area contributed by atoms with E-state index < -0.39 is 12.2 Å². The van der Waals surface area contributed by atoms with Crippen LogP contribution in [-0.4, -0.2) is 28.2 Å². The van der Waals surface area contributed by atoms with Gasteiger partial charge in [-0.3, -0.25) is 4.79 Å². The first-order chi connectivity index (χ1) is 7.65. The van der Waals surface area contributed by atoms with Gasteiger partial charge < -0.3 is 10.2 Å². The maximum atomic E-state index is 11.4. The molecule has 0 aromatic heterocycles. The molecule has 1 aliphatic carbocycles. The van der Waals surface area contributed by atoms with E-state index in [1.54, 1.807) is 12.2 Å². The van der Waals surface area contributed by atoms with Gasteiger partial charge in [-0.2, -0.15) is 0 Å². The fraction of sp³-hybridized carbons (Fsp3) is 0.769. The second-order valence-electron chi connectivity index (χ2n) is 4.55. The van der Waals surface area contributed by atoms with Gasteiger partial charge in [-0.25, -0.2) is 0 Å². The molecule has 2 N–H and O–H groups in total. The van der Waals surface area contributed by atoms with Crippen LogP contribution in [0.15, 0.2) is 12.2 Å². The predicted molar refractivity (Wildman–Crippen MR) is 63.0 cm³/mol. The zero-order chi connectivity index (χ0) is 12.0. The summed E-state index contributed by atoms with van der Waals surface area (Å²) in [4.78, 5) is 11.4. The lowest BCUT2D eigenvalue weighted by Gasteiger charge is -2.09. The van der Waals surface area contributed by atoms with Crippen molar-refractivity contribution in [3.63, 3.8) is 0 Å². The molecule has 0 aromatic carbocycles. The van der Waals surface area contributed by atoms with Gasteiger partial charge in [0.25, 0.3) is 0 Å². The molecule has 0 radical (unpaired) electrons. The van der Waals surface area contributed by atoms with E-state index in [0.717, 1.165) is 25.7 Å². The summed E-state index contributed by atoms with van der Waals surface area (Å²) in [6.45, 7) is 2.12. The SMILES string of the molecule is CCCCCC(O)/C=C/C1C(=O)CCC1O. The normalized spacial score (nSPS) is 27.8. The van der Waals surface area contributed by atoms with Gasteiger partial charge in [0.05, 0.1) is 18.1 Å². The minimum Gasteiger partial charge on any atom is -0.392 e. The summed E-state index contributed by atoms with van der Waals surface area (Å²) >= 11 is 0. The van der Waals surface area contributed by atoms with E-state index in [4.69, 9.17) is 0 Å². The lowest BCUT2D eigenvalue weighted by atomic mass is 10.0. The molecule has 3 atom stereocenters. The molecule has 3 heteroatoms. The Morgan fingerprint density at radius 2 is 2.25 bits per heavy atom. The van der Waals surface area contributed by atoms with Crippen molar-refractivity contribution in [3.8, 4) is 0 Å². The van der Waals surface area contributed by atoms with Crippen molar-refractivity contribution >= 4 is 5.78 Å². The van der Waals surface area contributed by atoms with Gasteiger partial charge in [-0.15, -0.1) is 0 Å². The Hall–Kier alpha value is -0.670. The third-order valence-electron chi connectivity index (χ3n) is 3.12. The van der Waals surface area contributed by atoms with Crippen LogP contribution < -0.4 is 0 Å². The molecule has 3 unspecified atom stereocenters. The van der Waals surface area contributed by atoms with Crippen LogP contribution in [-0.2, 0) is 4.79 Å². The first-order valence-corrected chi connectivity index (χ1v) is 6.22. The number of carbonyl (C=O) groups excluding carboxylic acids is 1. The average Bonchev–Trinajstić information content (AvgIpc) is 2.57. The Bertz CT molecular complexity index is 248. The molecule has 16 heavy (non-hydrogen) atoms. The molecule has 0 spiro atoms. The van der Waals surface area contributed by atoms with E-state index in [2.05, 4.69) is 6.92 Å². The van der Waals surface area contributed by atoms with Crippen LogP contribution in [0.25, 0.3) is 0 Å². The van der Waals surface area contributed by atoms with E-state index in [-0.39, 0.29) is 11.7 Å². The molecule has 0 heterocycles. The molecule has 0 amide bonds. The van der Waals surface area contributed by atoms with Crippen LogP contribution >= 0.6 is 0 Å². The third-order valence-corrected chi connectivity index (χ3v) is 3.12. The van der Waals surface area contributed by atoms with Crippen LogP contribution in [0.3, 0.4) is 0 Å². The number of Topliss-reactive ketones (excluding diaryl/α,β-unsaturated/α-hetero) is 1. The number of unbranched alkanes of at least 4 members (excludes halogenated alkanes) is 2. The van der Waals surface area contributed by atoms with Gasteiger partial charge >= 0.3 is 0 Å². The Labute approximate surface area is 97.2 Å². The van der Waals surface area contributed by atoms with Crippen LogP contribution in [0.1, 0.15) is 45.4 Å². The van der Waals surface area contributed by atoms with E-state index in [1.807, 2.05) is 0 Å². The van der Waals surface area contributed by atoms with Crippen LogP contribution in [0.5, 0.6) is 0 Å². The molecule has 1 saturated carbocycles. The molecule has 0 aromatic rings. The van der Waals surface area contributed by atoms with Crippen LogP contribution in [0.4, 0.5) is 0 Å². The summed E-state index contributed by atoms with van der Waals surface area (Å²) in [5.41, 5.74) is 0. The standard InChI is InChI=1S/C13H22O3/c1-2-3-4-5-10(14)6-7-11-12(15)8-9-13(11)16/h6-7,10-12,14-15H,2-5,8-9H2,1H3/b7-6+.